The quantitative estimate of drug-likeness (QED) is 0.824. The Morgan fingerprint density at radius 1 is 1.39 bits per heavy atom. The Morgan fingerprint density at radius 3 is 2.83 bits per heavy atom. The van der Waals surface area contributed by atoms with Crippen LogP contribution in [0.2, 0.25) is 0 Å². The second-order valence-corrected chi connectivity index (χ2v) is 3.80. The van der Waals surface area contributed by atoms with Gasteiger partial charge in [0.15, 0.2) is 0 Å². The summed E-state index contributed by atoms with van der Waals surface area (Å²) >= 11 is 0. The minimum atomic E-state index is -0.477. The molecule has 0 aliphatic heterocycles. The van der Waals surface area contributed by atoms with Gasteiger partial charge in [0.1, 0.15) is 11.3 Å². The average Bonchev–Trinajstić information content (AvgIpc) is 2.37. The summed E-state index contributed by atoms with van der Waals surface area (Å²) in [6.07, 6.45) is 0.144. The molecule has 0 unspecified atom stereocenters. The Morgan fingerprint density at radius 2 is 2.17 bits per heavy atom. The molecule has 5 nitrogen and oxygen atoms in total. The molecule has 1 amide bonds. The van der Waals surface area contributed by atoms with Crippen molar-refractivity contribution in [2.45, 2.75) is 6.42 Å². The first-order valence-electron chi connectivity index (χ1n) is 5.45. The lowest BCUT2D eigenvalue weighted by atomic mass is 10.1. The number of hydrogen-bond acceptors (Lipinski definition) is 4. The highest BCUT2D eigenvalue weighted by molar-refractivity contribution is 5.87. The van der Waals surface area contributed by atoms with Gasteiger partial charge in [-0.1, -0.05) is 0 Å². The van der Waals surface area contributed by atoms with E-state index in [1.807, 2.05) is 0 Å². The number of likely N-dealkylation sites (N-methyl/N-ethyl adjacent to an activating group) is 1. The number of rotatable bonds is 3. The zero-order chi connectivity index (χ0) is 13.1. The minimum absolute atomic E-state index is 0.144. The summed E-state index contributed by atoms with van der Waals surface area (Å²) in [6.45, 7) is 0. The molecule has 1 aromatic heterocycles. The summed E-state index contributed by atoms with van der Waals surface area (Å²) in [7, 11) is 3.09. The van der Waals surface area contributed by atoms with Crippen molar-refractivity contribution in [1.82, 2.24) is 5.32 Å². The maximum Gasteiger partial charge on any atom is 0.336 e. The highest BCUT2D eigenvalue weighted by Gasteiger charge is 2.09. The van der Waals surface area contributed by atoms with E-state index in [4.69, 9.17) is 9.15 Å². The van der Waals surface area contributed by atoms with E-state index < -0.39 is 5.63 Å². The molecule has 0 saturated carbocycles. The van der Waals surface area contributed by atoms with Crippen LogP contribution in [0, 0.1) is 0 Å². The molecule has 0 atom stereocenters. The van der Waals surface area contributed by atoms with Crippen LogP contribution in [0.4, 0.5) is 0 Å². The molecule has 0 bridgehead atoms. The van der Waals surface area contributed by atoms with E-state index in [-0.39, 0.29) is 12.3 Å². The van der Waals surface area contributed by atoms with Crippen LogP contribution >= 0.6 is 0 Å². The van der Waals surface area contributed by atoms with Crippen LogP contribution in [0.1, 0.15) is 5.56 Å². The highest BCUT2D eigenvalue weighted by Crippen LogP contribution is 2.22. The summed E-state index contributed by atoms with van der Waals surface area (Å²) in [4.78, 5) is 22.8. The Balaban J connectivity index is 2.58. The number of ether oxygens (including phenoxy) is 1. The summed E-state index contributed by atoms with van der Waals surface area (Å²) in [5.41, 5.74) is 0.582. The summed E-state index contributed by atoms with van der Waals surface area (Å²) in [5.74, 6) is 0.445. The summed E-state index contributed by atoms with van der Waals surface area (Å²) in [6, 6.07) is 6.50. The molecule has 0 spiro atoms. The van der Waals surface area contributed by atoms with Gasteiger partial charge in [0.05, 0.1) is 13.5 Å². The normalized spacial score (nSPS) is 10.3. The molecule has 0 aliphatic carbocycles. The fraction of sp³-hybridized carbons (Fsp3) is 0.231. The highest BCUT2D eigenvalue weighted by atomic mass is 16.5. The van der Waals surface area contributed by atoms with Crippen molar-refractivity contribution in [3.63, 3.8) is 0 Å². The maximum absolute atomic E-state index is 11.4. The number of benzene rings is 1. The Hall–Kier alpha value is -2.30. The zero-order valence-electron chi connectivity index (χ0n) is 10.1. The van der Waals surface area contributed by atoms with Crippen LogP contribution in [-0.4, -0.2) is 20.1 Å². The monoisotopic (exact) mass is 247 g/mol. The number of methoxy groups -OCH3 is 1. The molecule has 1 heterocycles. The molecule has 2 rings (SSSR count). The zero-order valence-corrected chi connectivity index (χ0v) is 10.1. The van der Waals surface area contributed by atoms with Gasteiger partial charge in [0.2, 0.25) is 5.91 Å². The van der Waals surface area contributed by atoms with Crippen molar-refractivity contribution in [2.75, 3.05) is 14.2 Å². The molecule has 0 aliphatic rings. The molecule has 1 N–H and O–H groups in total. The molecular weight excluding hydrogens is 234 g/mol. The van der Waals surface area contributed by atoms with E-state index in [9.17, 15) is 9.59 Å². The van der Waals surface area contributed by atoms with Gasteiger partial charge in [0, 0.05) is 24.6 Å². The van der Waals surface area contributed by atoms with Crippen LogP contribution in [0.5, 0.6) is 5.75 Å². The lowest BCUT2D eigenvalue weighted by Crippen LogP contribution is -2.20. The van der Waals surface area contributed by atoms with Crippen molar-refractivity contribution in [1.29, 1.82) is 0 Å². The largest absolute Gasteiger partial charge is 0.497 e. The first-order valence-corrected chi connectivity index (χ1v) is 5.45. The van der Waals surface area contributed by atoms with Crippen LogP contribution in [-0.2, 0) is 11.2 Å². The van der Waals surface area contributed by atoms with Gasteiger partial charge in [-0.3, -0.25) is 4.79 Å². The average molecular weight is 247 g/mol. The molecule has 0 saturated heterocycles. The van der Waals surface area contributed by atoms with Gasteiger partial charge in [-0.15, -0.1) is 0 Å². The van der Waals surface area contributed by atoms with Crippen LogP contribution in [0.25, 0.3) is 11.0 Å². The van der Waals surface area contributed by atoms with Gasteiger partial charge < -0.3 is 14.5 Å². The van der Waals surface area contributed by atoms with Gasteiger partial charge in [0.25, 0.3) is 0 Å². The summed E-state index contributed by atoms with van der Waals surface area (Å²) < 4.78 is 10.2. The number of amides is 1. The topological polar surface area (TPSA) is 68.5 Å². The first kappa shape index (κ1) is 12.2. The van der Waals surface area contributed by atoms with E-state index in [1.165, 1.54) is 13.2 Å². The number of fused-ring (bicyclic) bond motifs is 1. The van der Waals surface area contributed by atoms with E-state index in [1.54, 1.807) is 25.2 Å². The van der Waals surface area contributed by atoms with Crippen LogP contribution in [0.15, 0.2) is 33.5 Å². The maximum atomic E-state index is 11.4. The second-order valence-electron chi connectivity index (χ2n) is 3.80. The molecule has 5 heteroatoms. The van der Waals surface area contributed by atoms with Crippen molar-refractivity contribution in [3.8, 4) is 5.75 Å². The van der Waals surface area contributed by atoms with Crippen molar-refractivity contribution >= 4 is 16.9 Å². The number of nitrogens with one attached hydrogen (secondary N) is 1. The van der Waals surface area contributed by atoms with Crippen LogP contribution < -0.4 is 15.7 Å². The van der Waals surface area contributed by atoms with Crippen molar-refractivity contribution < 1.29 is 13.9 Å². The predicted molar refractivity (Wildman–Crippen MR) is 66.8 cm³/mol. The molecule has 0 fully saturated rings. The van der Waals surface area contributed by atoms with Crippen LogP contribution in [0.3, 0.4) is 0 Å². The number of hydrogen-bond donors (Lipinski definition) is 1. The van der Waals surface area contributed by atoms with Crippen molar-refractivity contribution in [3.05, 3.63) is 40.2 Å². The molecule has 0 radical (unpaired) electrons. The Bertz CT molecular complexity index is 645. The standard InChI is InChI=1S/C13H13NO4/c1-14-12(15)5-8-6-13(16)18-11-7-9(17-2)3-4-10(8)11/h3-4,6-7H,5H2,1-2H3,(H,14,15). The fourth-order valence-corrected chi connectivity index (χ4v) is 1.74. The third-order valence-corrected chi connectivity index (χ3v) is 2.67. The van der Waals surface area contributed by atoms with E-state index in [0.717, 1.165) is 5.39 Å². The van der Waals surface area contributed by atoms with Gasteiger partial charge in [-0.25, -0.2) is 4.79 Å². The molecular formula is C13H13NO4. The smallest absolute Gasteiger partial charge is 0.336 e. The third kappa shape index (κ3) is 2.34. The Kier molecular flexibility index (Phi) is 3.32. The summed E-state index contributed by atoms with van der Waals surface area (Å²) in [5, 5.41) is 3.26. The van der Waals surface area contributed by atoms with E-state index in [2.05, 4.69) is 5.32 Å². The minimum Gasteiger partial charge on any atom is -0.497 e. The lowest BCUT2D eigenvalue weighted by molar-refractivity contribution is -0.119. The van der Waals surface area contributed by atoms with Crippen molar-refractivity contribution in [2.24, 2.45) is 0 Å². The molecule has 1 aromatic carbocycles. The van der Waals surface area contributed by atoms with E-state index in [0.29, 0.717) is 16.9 Å². The fourth-order valence-electron chi connectivity index (χ4n) is 1.74. The lowest BCUT2D eigenvalue weighted by Gasteiger charge is -2.06. The second kappa shape index (κ2) is 4.91. The van der Waals surface area contributed by atoms with Gasteiger partial charge in [-0.2, -0.15) is 0 Å². The van der Waals surface area contributed by atoms with Gasteiger partial charge in [-0.05, 0) is 17.7 Å². The van der Waals surface area contributed by atoms with Gasteiger partial charge >= 0.3 is 5.63 Å². The molecule has 2 aromatic rings. The van der Waals surface area contributed by atoms with E-state index >= 15 is 0 Å². The SMILES string of the molecule is CNC(=O)Cc1cc(=O)oc2cc(OC)ccc12. The Labute approximate surface area is 103 Å². The third-order valence-electron chi connectivity index (χ3n) is 2.67. The molecule has 94 valence electrons. The molecule has 18 heavy (non-hydrogen) atoms. The number of carbonyl (C=O) groups is 1. The predicted octanol–water partition coefficient (Wildman–Crippen LogP) is 1.09. The number of carbonyl (C=O) groups excluding carboxylic acids is 1. The first-order chi connectivity index (χ1) is 8.63.